The van der Waals surface area contributed by atoms with Gasteiger partial charge in [-0.3, -0.25) is 4.79 Å². The minimum atomic E-state index is -1.09. The second-order valence-corrected chi connectivity index (χ2v) is 5.45. The van der Waals surface area contributed by atoms with Gasteiger partial charge in [-0.25, -0.2) is 8.78 Å². The highest BCUT2D eigenvalue weighted by Gasteiger charge is 2.54. The van der Waals surface area contributed by atoms with Crippen molar-refractivity contribution < 1.29 is 13.6 Å². The zero-order valence-corrected chi connectivity index (χ0v) is 10.5. The molecular formula is C14H16F2N2O. The largest absolute Gasteiger partial charge is 0.397 e. The molecule has 3 rings (SSSR count). The lowest BCUT2D eigenvalue weighted by atomic mass is 10.0. The number of carbonyl (C=O) groups excluding carboxylic acids is 1. The van der Waals surface area contributed by atoms with Crippen LogP contribution in [0.25, 0.3) is 0 Å². The maximum Gasteiger partial charge on any atom is 0.228 e. The highest BCUT2D eigenvalue weighted by Crippen LogP contribution is 2.55. The summed E-state index contributed by atoms with van der Waals surface area (Å²) < 4.78 is 26.7. The summed E-state index contributed by atoms with van der Waals surface area (Å²) in [6.45, 7) is 0. The molecule has 102 valence electrons. The summed E-state index contributed by atoms with van der Waals surface area (Å²) in [5.41, 5.74) is 5.41. The Bertz CT molecular complexity index is 520. The lowest BCUT2D eigenvalue weighted by Crippen LogP contribution is -2.18. The molecule has 5 heteroatoms. The summed E-state index contributed by atoms with van der Waals surface area (Å²) in [6.07, 6.45) is 4.43. The van der Waals surface area contributed by atoms with Crippen molar-refractivity contribution in [3.05, 3.63) is 23.8 Å². The van der Waals surface area contributed by atoms with Gasteiger partial charge in [0.25, 0.3) is 0 Å². The van der Waals surface area contributed by atoms with Crippen molar-refractivity contribution in [1.29, 1.82) is 0 Å². The van der Waals surface area contributed by atoms with Crippen LogP contribution in [0.5, 0.6) is 0 Å². The maximum absolute atomic E-state index is 13.6. The highest BCUT2D eigenvalue weighted by atomic mass is 19.2. The van der Waals surface area contributed by atoms with E-state index < -0.39 is 11.6 Å². The molecule has 0 aromatic heterocycles. The third-order valence-corrected chi connectivity index (χ3v) is 4.33. The van der Waals surface area contributed by atoms with Crippen molar-refractivity contribution in [2.24, 2.45) is 17.8 Å². The topological polar surface area (TPSA) is 55.1 Å². The number of fused-ring (bicyclic) bond motifs is 1. The van der Waals surface area contributed by atoms with Crippen LogP contribution in [0.1, 0.15) is 25.7 Å². The number of hydrogen-bond acceptors (Lipinski definition) is 2. The van der Waals surface area contributed by atoms with Gasteiger partial charge in [0.15, 0.2) is 11.6 Å². The number of amides is 1. The Morgan fingerprint density at radius 3 is 2.47 bits per heavy atom. The molecule has 3 nitrogen and oxygen atoms in total. The first-order valence-electron chi connectivity index (χ1n) is 6.64. The number of rotatable bonds is 2. The van der Waals surface area contributed by atoms with E-state index in [1.54, 1.807) is 0 Å². The van der Waals surface area contributed by atoms with Crippen molar-refractivity contribution in [2.75, 3.05) is 11.1 Å². The maximum atomic E-state index is 13.6. The molecule has 1 aromatic carbocycles. The molecule has 2 aliphatic carbocycles. The summed E-state index contributed by atoms with van der Waals surface area (Å²) in [7, 11) is 0. The van der Waals surface area contributed by atoms with Gasteiger partial charge >= 0.3 is 0 Å². The molecule has 0 radical (unpaired) electrons. The summed E-state index contributed by atoms with van der Waals surface area (Å²) in [6, 6.07) is 2.21. The Hall–Kier alpha value is -1.65. The third kappa shape index (κ3) is 2.07. The molecule has 2 saturated carbocycles. The molecular weight excluding hydrogens is 250 g/mol. The Balaban J connectivity index is 1.75. The average Bonchev–Trinajstić information content (AvgIpc) is 3.13. The van der Waals surface area contributed by atoms with Crippen LogP contribution in [-0.4, -0.2) is 5.91 Å². The van der Waals surface area contributed by atoms with E-state index in [1.807, 2.05) is 0 Å². The first-order chi connectivity index (χ1) is 9.09. The number of hydrogen-bond donors (Lipinski definition) is 2. The predicted molar refractivity (Wildman–Crippen MR) is 68.3 cm³/mol. The predicted octanol–water partition coefficient (Wildman–Crippen LogP) is 2.92. The molecule has 2 atom stereocenters. The normalized spacial score (nSPS) is 28.6. The molecule has 1 aromatic rings. The van der Waals surface area contributed by atoms with E-state index in [0.717, 1.165) is 31.7 Å². The van der Waals surface area contributed by atoms with E-state index in [2.05, 4.69) is 5.32 Å². The Labute approximate surface area is 110 Å². The number of carbonyl (C=O) groups is 1. The van der Waals surface area contributed by atoms with Gasteiger partial charge in [0.1, 0.15) is 5.69 Å². The van der Waals surface area contributed by atoms with Gasteiger partial charge < -0.3 is 11.1 Å². The number of nitrogen functional groups attached to an aromatic ring is 1. The summed E-state index contributed by atoms with van der Waals surface area (Å²) in [5.74, 6) is -1.52. The van der Waals surface area contributed by atoms with E-state index >= 15 is 0 Å². The number of nitrogens with two attached hydrogens (primary N) is 1. The second kappa shape index (κ2) is 4.47. The van der Waals surface area contributed by atoms with Crippen LogP contribution in [0, 0.1) is 29.4 Å². The standard InChI is InChI=1S/C14H16F2N2O/c15-9-5-6-10(17)13(12(9)16)18-14(19)11-7-3-1-2-4-8(7)11/h5-8,11H,1-4,17H2,(H,18,19). The van der Waals surface area contributed by atoms with Gasteiger partial charge in [0, 0.05) is 5.92 Å². The van der Waals surface area contributed by atoms with Crippen LogP contribution in [0.2, 0.25) is 0 Å². The average molecular weight is 266 g/mol. The molecule has 1 amide bonds. The summed E-state index contributed by atoms with van der Waals surface area (Å²) >= 11 is 0. The van der Waals surface area contributed by atoms with E-state index in [4.69, 9.17) is 5.73 Å². The smallest absolute Gasteiger partial charge is 0.228 e. The quantitative estimate of drug-likeness (QED) is 0.809. The number of halogens is 2. The lowest BCUT2D eigenvalue weighted by Gasteiger charge is -2.09. The Morgan fingerprint density at radius 1 is 1.21 bits per heavy atom. The van der Waals surface area contributed by atoms with Crippen LogP contribution in [0.3, 0.4) is 0 Å². The van der Waals surface area contributed by atoms with Gasteiger partial charge in [-0.15, -0.1) is 0 Å². The SMILES string of the molecule is Nc1ccc(F)c(F)c1NC(=O)C1C2CCCCC21. The van der Waals surface area contributed by atoms with Gasteiger partial charge in [-0.05, 0) is 36.8 Å². The van der Waals surface area contributed by atoms with Crippen LogP contribution in [-0.2, 0) is 4.79 Å². The lowest BCUT2D eigenvalue weighted by molar-refractivity contribution is -0.117. The summed E-state index contributed by atoms with van der Waals surface area (Å²) in [4.78, 5) is 12.1. The number of benzene rings is 1. The van der Waals surface area contributed by atoms with Gasteiger partial charge in [0.2, 0.25) is 5.91 Å². The molecule has 3 N–H and O–H groups in total. The van der Waals surface area contributed by atoms with Crippen molar-refractivity contribution in [3.8, 4) is 0 Å². The third-order valence-electron chi connectivity index (χ3n) is 4.33. The van der Waals surface area contributed by atoms with Crippen molar-refractivity contribution in [2.45, 2.75) is 25.7 Å². The Morgan fingerprint density at radius 2 is 1.84 bits per heavy atom. The first kappa shape index (κ1) is 12.4. The van der Waals surface area contributed by atoms with E-state index in [9.17, 15) is 13.6 Å². The minimum Gasteiger partial charge on any atom is -0.397 e. The Kier molecular flexibility index (Phi) is 2.92. The zero-order chi connectivity index (χ0) is 13.6. The number of nitrogens with one attached hydrogen (secondary N) is 1. The van der Waals surface area contributed by atoms with Gasteiger partial charge in [0.05, 0.1) is 5.69 Å². The highest BCUT2D eigenvalue weighted by molar-refractivity contribution is 5.97. The van der Waals surface area contributed by atoms with Crippen LogP contribution >= 0.6 is 0 Å². The van der Waals surface area contributed by atoms with E-state index in [1.165, 1.54) is 6.07 Å². The fourth-order valence-electron chi connectivity index (χ4n) is 3.28. The fourth-order valence-corrected chi connectivity index (χ4v) is 3.28. The van der Waals surface area contributed by atoms with Crippen LogP contribution < -0.4 is 11.1 Å². The second-order valence-electron chi connectivity index (χ2n) is 5.45. The fraction of sp³-hybridized carbons (Fsp3) is 0.500. The molecule has 0 heterocycles. The van der Waals surface area contributed by atoms with E-state index in [-0.39, 0.29) is 23.2 Å². The van der Waals surface area contributed by atoms with Gasteiger partial charge in [-0.1, -0.05) is 12.8 Å². The molecule has 2 unspecified atom stereocenters. The molecule has 0 aliphatic heterocycles. The van der Waals surface area contributed by atoms with Gasteiger partial charge in [-0.2, -0.15) is 0 Å². The minimum absolute atomic E-state index is 0.0513. The monoisotopic (exact) mass is 266 g/mol. The zero-order valence-electron chi connectivity index (χ0n) is 10.5. The molecule has 0 bridgehead atoms. The van der Waals surface area contributed by atoms with Crippen molar-refractivity contribution in [3.63, 3.8) is 0 Å². The van der Waals surface area contributed by atoms with Crippen LogP contribution in [0.4, 0.5) is 20.2 Å². The number of anilines is 2. The van der Waals surface area contributed by atoms with Crippen LogP contribution in [0.15, 0.2) is 12.1 Å². The molecule has 0 spiro atoms. The molecule has 0 saturated heterocycles. The first-order valence-corrected chi connectivity index (χ1v) is 6.64. The molecule has 19 heavy (non-hydrogen) atoms. The molecule has 2 aliphatic rings. The summed E-state index contributed by atoms with van der Waals surface area (Å²) in [5, 5.41) is 2.46. The molecule has 2 fully saturated rings. The van der Waals surface area contributed by atoms with Crippen molar-refractivity contribution in [1.82, 2.24) is 0 Å². The van der Waals surface area contributed by atoms with E-state index in [0.29, 0.717) is 11.8 Å². The van der Waals surface area contributed by atoms with Crippen molar-refractivity contribution >= 4 is 17.3 Å².